The Labute approximate surface area is 165 Å². The molecule has 3 rings (SSSR count). The number of benzene rings is 3. The Kier molecular flexibility index (Phi) is 6.04. The molecule has 0 spiro atoms. The number of fused-ring (bicyclic) bond motifs is 1. The Balaban J connectivity index is 1.67. The van der Waals surface area contributed by atoms with Gasteiger partial charge in [-0.2, -0.15) is 0 Å². The molecule has 0 aliphatic carbocycles. The number of aryl methyl sites for hydroxylation is 1. The minimum Gasteiger partial charge on any atom is -0.493 e. The summed E-state index contributed by atoms with van der Waals surface area (Å²) in [6, 6.07) is 17.9. The van der Waals surface area contributed by atoms with E-state index in [1.807, 2.05) is 44.2 Å². The van der Waals surface area contributed by atoms with Crippen LogP contribution >= 0.6 is 0 Å². The third-order valence-corrected chi connectivity index (χ3v) is 4.60. The number of methoxy groups -OCH3 is 2. The molecular weight excluding hydrogens is 354 g/mol. The van der Waals surface area contributed by atoms with Crippen molar-refractivity contribution in [1.29, 1.82) is 0 Å². The Morgan fingerprint density at radius 1 is 0.964 bits per heavy atom. The lowest BCUT2D eigenvalue weighted by molar-refractivity contribution is -0.123. The SMILES string of the molecule is COc1cc(C)cc(OC)c1OCC(=O)N[C@H](C)c1ccc2ccccc2c1. The van der Waals surface area contributed by atoms with Gasteiger partial charge in [-0.1, -0.05) is 36.4 Å². The number of carbonyl (C=O) groups is 1. The number of ether oxygens (including phenoxy) is 3. The van der Waals surface area contributed by atoms with E-state index in [0.717, 1.165) is 16.5 Å². The van der Waals surface area contributed by atoms with Crippen molar-refractivity contribution in [2.24, 2.45) is 0 Å². The smallest absolute Gasteiger partial charge is 0.258 e. The Morgan fingerprint density at radius 3 is 2.25 bits per heavy atom. The van der Waals surface area contributed by atoms with Gasteiger partial charge in [0.05, 0.1) is 20.3 Å². The van der Waals surface area contributed by atoms with Crippen molar-refractivity contribution in [3.05, 3.63) is 65.7 Å². The van der Waals surface area contributed by atoms with Crippen LogP contribution in [0.2, 0.25) is 0 Å². The maximum Gasteiger partial charge on any atom is 0.258 e. The zero-order valence-corrected chi connectivity index (χ0v) is 16.6. The average Bonchev–Trinajstić information content (AvgIpc) is 2.71. The van der Waals surface area contributed by atoms with Crippen LogP contribution in [-0.2, 0) is 4.79 Å². The molecule has 146 valence electrons. The standard InChI is InChI=1S/C23H25NO4/c1-15-11-20(26-3)23(21(12-15)27-4)28-14-22(25)24-16(2)18-10-9-17-7-5-6-8-19(17)13-18/h5-13,16H,14H2,1-4H3,(H,24,25)/t16-/m1/s1. The molecule has 1 atom stereocenters. The number of nitrogens with one attached hydrogen (secondary N) is 1. The molecule has 5 heteroatoms. The van der Waals surface area contributed by atoms with E-state index in [4.69, 9.17) is 14.2 Å². The molecular formula is C23H25NO4. The molecule has 0 aromatic heterocycles. The maximum atomic E-state index is 12.4. The molecule has 0 radical (unpaired) electrons. The number of carbonyl (C=O) groups excluding carboxylic acids is 1. The first-order chi connectivity index (χ1) is 13.5. The molecule has 0 bridgehead atoms. The first-order valence-corrected chi connectivity index (χ1v) is 9.15. The van der Waals surface area contributed by atoms with Crippen molar-refractivity contribution in [1.82, 2.24) is 5.32 Å². The van der Waals surface area contributed by atoms with E-state index >= 15 is 0 Å². The summed E-state index contributed by atoms with van der Waals surface area (Å²) in [5, 5.41) is 5.29. The lowest BCUT2D eigenvalue weighted by Crippen LogP contribution is -2.31. The minimum absolute atomic E-state index is 0.131. The van der Waals surface area contributed by atoms with Gasteiger partial charge in [0, 0.05) is 0 Å². The predicted octanol–water partition coefficient (Wildman–Crippen LogP) is 4.42. The van der Waals surface area contributed by atoms with Gasteiger partial charge in [-0.05, 0) is 53.9 Å². The van der Waals surface area contributed by atoms with Crippen LogP contribution in [-0.4, -0.2) is 26.7 Å². The number of rotatable bonds is 7. The van der Waals surface area contributed by atoms with E-state index in [1.165, 1.54) is 5.39 Å². The minimum atomic E-state index is -0.217. The van der Waals surface area contributed by atoms with Crippen LogP contribution < -0.4 is 19.5 Å². The molecule has 0 fully saturated rings. The average molecular weight is 379 g/mol. The fourth-order valence-corrected chi connectivity index (χ4v) is 3.13. The molecule has 0 saturated heterocycles. The largest absolute Gasteiger partial charge is 0.493 e. The summed E-state index contributed by atoms with van der Waals surface area (Å²) in [6.07, 6.45) is 0. The summed E-state index contributed by atoms with van der Waals surface area (Å²) in [4.78, 5) is 12.4. The zero-order valence-electron chi connectivity index (χ0n) is 16.6. The molecule has 3 aromatic carbocycles. The molecule has 0 aliphatic heterocycles. The summed E-state index contributed by atoms with van der Waals surface area (Å²) in [6.45, 7) is 3.76. The van der Waals surface area contributed by atoms with Crippen LogP contribution in [0.3, 0.4) is 0 Å². The van der Waals surface area contributed by atoms with Crippen LogP contribution in [0.1, 0.15) is 24.1 Å². The Morgan fingerprint density at radius 2 is 1.61 bits per heavy atom. The van der Waals surface area contributed by atoms with Gasteiger partial charge in [0.1, 0.15) is 0 Å². The van der Waals surface area contributed by atoms with Gasteiger partial charge in [-0.3, -0.25) is 4.79 Å². The van der Waals surface area contributed by atoms with E-state index in [-0.39, 0.29) is 18.6 Å². The highest BCUT2D eigenvalue weighted by atomic mass is 16.5. The van der Waals surface area contributed by atoms with Crippen molar-refractivity contribution in [3.63, 3.8) is 0 Å². The molecule has 0 aliphatic rings. The van der Waals surface area contributed by atoms with E-state index in [0.29, 0.717) is 17.2 Å². The molecule has 5 nitrogen and oxygen atoms in total. The fraction of sp³-hybridized carbons (Fsp3) is 0.261. The third kappa shape index (κ3) is 4.36. The van der Waals surface area contributed by atoms with Crippen LogP contribution in [0.25, 0.3) is 10.8 Å². The molecule has 1 N–H and O–H groups in total. The van der Waals surface area contributed by atoms with Gasteiger partial charge in [-0.15, -0.1) is 0 Å². The molecule has 1 amide bonds. The van der Waals surface area contributed by atoms with Gasteiger partial charge in [-0.25, -0.2) is 0 Å². The van der Waals surface area contributed by atoms with Crippen molar-refractivity contribution in [2.75, 3.05) is 20.8 Å². The highest BCUT2D eigenvalue weighted by Crippen LogP contribution is 2.38. The van der Waals surface area contributed by atoms with E-state index < -0.39 is 0 Å². The fourth-order valence-electron chi connectivity index (χ4n) is 3.13. The van der Waals surface area contributed by atoms with Crippen LogP contribution in [0.4, 0.5) is 0 Å². The second-order valence-electron chi connectivity index (χ2n) is 6.68. The summed E-state index contributed by atoms with van der Waals surface area (Å²) in [7, 11) is 3.12. The quantitative estimate of drug-likeness (QED) is 0.660. The number of hydrogen-bond donors (Lipinski definition) is 1. The monoisotopic (exact) mass is 379 g/mol. The summed E-state index contributed by atoms with van der Waals surface area (Å²) >= 11 is 0. The Hall–Kier alpha value is -3.21. The van der Waals surface area contributed by atoms with Crippen LogP contribution in [0.5, 0.6) is 17.2 Å². The molecule has 0 saturated carbocycles. The number of hydrogen-bond acceptors (Lipinski definition) is 4. The lowest BCUT2D eigenvalue weighted by Gasteiger charge is -2.17. The second-order valence-corrected chi connectivity index (χ2v) is 6.68. The first kappa shape index (κ1) is 19.5. The van der Waals surface area contributed by atoms with Crippen molar-refractivity contribution >= 4 is 16.7 Å². The van der Waals surface area contributed by atoms with Crippen LogP contribution in [0, 0.1) is 6.92 Å². The maximum absolute atomic E-state index is 12.4. The topological polar surface area (TPSA) is 56.8 Å². The third-order valence-electron chi connectivity index (χ3n) is 4.60. The summed E-state index contributed by atoms with van der Waals surface area (Å²) < 4.78 is 16.4. The first-order valence-electron chi connectivity index (χ1n) is 9.15. The molecule has 3 aromatic rings. The predicted molar refractivity (Wildman–Crippen MR) is 110 cm³/mol. The lowest BCUT2D eigenvalue weighted by atomic mass is 10.0. The summed E-state index contributed by atoms with van der Waals surface area (Å²) in [5.74, 6) is 1.27. The van der Waals surface area contributed by atoms with Gasteiger partial charge >= 0.3 is 0 Å². The number of amides is 1. The highest BCUT2D eigenvalue weighted by molar-refractivity contribution is 5.83. The van der Waals surface area contributed by atoms with Crippen molar-refractivity contribution in [2.45, 2.75) is 19.9 Å². The molecule has 0 heterocycles. The van der Waals surface area contributed by atoms with Crippen LogP contribution in [0.15, 0.2) is 54.6 Å². The van der Waals surface area contributed by atoms with Gasteiger partial charge in [0.15, 0.2) is 18.1 Å². The van der Waals surface area contributed by atoms with Crippen molar-refractivity contribution in [3.8, 4) is 17.2 Å². The van der Waals surface area contributed by atoms with E-state index in [9.17, 15) is 4.79 Å². The summed E-state index contributed by atoms with van der Waals surface area (Å²) in [5.41, 5.74) is 2.02. The van der Waals surface area contributed by atoms with Gasteiger partial charge < -0.3 is 19.5 Å². The molecule has 28 heavy (non-hydrogen) atoms. The Bertz CT molecular complexity index is 958. The van der Waals surface area contributed by atoms with E-state index in [1.54, 1.807) is 14.2 Å². The highest BCUT2D eigenvalue weighted by Gasteiger charge is 2.16. The van der Waals surface area contributed by atoms with Gasteiger partial charge in [0.2, 0.25) is 5.75 Å². The second kappa shape index (κ2) is 8.65. The van der Waals surface area contributed by atoms with E-state index in [2.05, 4.69) is 29.6 Å². The van der Waals surface area contributed by atoms with Gasteiger partial charge in [0.25, 0.3) is 5.91 Å². The van der Waals surface area contributed by atoms with Crippen molar-refractivity contribution < 1.29 is 19.0 Å². The normalized spacial score (nSPS) is 11.7. The zero-order chi connectivity index (χ0) is 20.1. The molecule has 0 unspecified atom stereocenters.